The predicted molar refractivity (Wildman–Crippen MR) is 99.1 cm³/mol. The van der Waals surface area contributed by atoms with Crippen molar-refractivity contribution in [1.29, 1.82) is 0 Å². The molecular weight excluding hydrogens is 348 g/mol. The lowest BCUT2D eigenvalue weighted by Crippen LogP contribution is -2.11. The number of allylic oxidation sites excluding steroid dienone is 2. The van der Waals surface area contributed by atoms with Crippen LogP contribution in [0.5, 0.6) is 17.2 Å². The van der Waals surface area contributed by atoms with Crippen molar-refractivity contribution in [2.75, 3.05) is 0 Å². The Hall–Kier alpha value is -3.67. The molecule has 0 aliphatic rings. The predicted octanol–water partition coefficient (Wildman–Crippen LogP) is 3.85. The number of phenolic OH excluding ortho intramolecular Hbond substituents is 1. The number of ketones is 1. The maximum atomic E-state index is 12.3. The topological polar surface area (TPSA) is 89.9 Å². The molecule has 0 saturated carbocycles. The van der Waals surface area contributed by atoms with Crippen molar-refractivity contribution in [2.45, 2.75) is 13.8 Å². The molecule has 0 amide bonds. The average Bonchev–Trinajstić information content (AvgIpc) is 2.64. The minimum Gasteiger partial charge on any atom is -0.504 e. The number of hydrogen-bond donors (Lipinski definition) is 1. The highest BCUT2D eigenvalue weighted by molar-refractivity contribution is 5.98. The first-order valence-electron chi connectivity index (χ1n) is 7.99. The van der Waals surface area contributed by atoms with E-state index in [1.165, 1.54) is 49.4 Å². The molecule has 0 bridgehead atoms. The maximum Gasteiger partial charge on any atom is 0.343 e. The van der Waals surface area contributed by atoms with E-state index in [-0.39, 0.29) is 28.6 Å². The fourth-order valence-electron chi connectivity index (χ4n) is 2.10. The van der Waals surface area contributed by atoms with Crippen LogP contribution in [0.3, 0.4) is 0 Å². The zero-order valence-electron chi connectivity index (χ0n) is 14.9. The molecule has 6 nitrogen and oxygen atoms in total. The monoisotopic (exact) mass is 366 g/mol. The standard InChI is InChI=1S/C21H18O6/c1-4-6-13(2)20(24)26-17-9-10-18(23)19(12-17)27-21(25)16-8-5-7-15(11-16)14(3)22/h4-12,23H,1H2,2-3H3/b13-6+. The van der Waals surface area contributed by atoms with Crippen molar-refractivity contribution < 1.29 is 29.0 Å². The average molecular weight is 366 g/mol. The van der Waals surface area contributed by atoms with Gasteiger partial charge in [0.15, 0.2) is 17.3 Å². The first-order chi connectivity index (χ1) is 12.8. The number of phenols is 1. The van der Waals surface area contributed by atoms with E-state index in [4.69, 9.17) is 9.47 Å². The summed E-state index contributed by atoms with van der Waals surface area (Å²) in [5, 5.41) is 9.90. The Morgan fingerprint density at radius 1 is 1.00 bits per heavy atom. The van der Waals surface area contributed by atoms with Crippen LogP contribution < -0.4 is 9.47 Å². The van der Waals surface area contributed by atoms with E-state index in [1.54, 1.807) is 19.1 Å². The van der Waals surface area contributed by atoms with Gasteiger partial charge in [0, 0.05) is 17.2 Å². The largest absolute Gasteiger partial charge is 0.504 e. The van der Waals surface area contributed by atoms with Crippen LogP contribution in [0.1, 0.15) is 34.6 Å². The number of carbonyl (C=O) groups excluding carboxylic acids is 3. The van der Waals surface area contributed by atoms with Gasteiger partial charge in [0.2, 0.25) is 0 Å². The van der Waals surface area contributed by atoms with Gasteiger partial charge < -0.3 is 14.6 Å². The molecule has 138 valence electrons. The molecule has 0 radical (unpaired) electrons. The lowest BCUT2D eigenvalue weighted by molar-refractivity contribution is -0.130. The van der Waals surface area contributed by atoms with Crippen molar-refractivity contribution >= 4 is 17.7 Å². The Kier molecular flexibility index (Phi) is 6.27. The Morgan fingerprint density at radius 3 is 2.37 bits per heavy atom. The summed E-state index contributed by atoms with van der Waals surface area (Å²) in [5.41, 5.74) is 0.841. The first-order valence-corrected chi connectivity index (χ1v) is 7.99. The van der Waals surface area contributed by atoms with Gasteiger partial charge in [-0.25, -0.2) is 9.59 Å². The summed E-state index contributed by atoms with van der Waals surface area (Å²) in [4.78, 5) is 35.6. The number of rotatable bonds is 6. The lowest BCUT2D eigenvalue weighted by Gasteiger charge is -2.10. The highest BCUT2D eigenvalue weighted by Gasteiger charge is 2.15. The summed E-state index contributed by atoms with van der Waals surface area (Å²) in [7, 11) is 0. The molecule has 0 aliphatic carbocycles. The van der Waals surface area contributed by atoms with Gasteiger partial charge >= 0.3 is 11.9 Å². The molecule has 0 spiro atoms. The van der Waals surface area contributed by atoms with Crippen molar-refractivity contribution in [2.24, 2.45) is 0 Å². The highest BCUT2D eigenvalue weighted by Crippen LogP contribution is 2.31. The zero-order chi connectivity index (χ0) is 20.0. The second kappa shape index (κ2) is 8.62. The van der Waals surface area contributed by atoms with Crippen molar-refractivity contribution in [3.05, 3.63) is 77.9 Å². The molecule has 0 saturated heterocycles. The van der Waals surface area contributed by atoms with Gasteiger partial charge in [0.25, 0.3) is 0 Å². The van der Waals surface area contributed by atoms with E-state index in [0.29, 0.717) is 11.1 Å². The third kappa shape index (κ3) is 5.15. The Balaban J connectivity index is 2.21. The number of carbonyl (C=O) groups is 3. The lowest BCUT2D eigenvalue weighted by atomic mass is 10.1. The van der Waals surface area contributed by atoms with E-state index in [1.807, 2.05) is 0 Å². The highest BCUT2D eigenvalue weighted by atomic mass is 16.5. The van der Waals surface area contributed by atoms with E-state index in [9.17, 15) is 19.5 Å². The quantitative estimate of drug-likeness (QED) is 0.275. The van der Waals surface area contributed by atoms with Gasteiger partial charge in [-0.1, -0.05) is 30.9 Å². The first kappa shape index (κ1) is 19.7. The van der Waals surface area contributed by atoms with Crippen LogP contribution in [0.4, 0.5) is 0 Å². The Morgan fingerprint density at radius 2 is 1.70 bits per heavy atom. The summed E-state index contributed by atoms with van der Waals surface area (Å²) in [6, 6.07) is 9.84. The van der Waals surface area contributed by atoms with Crippen LogP contribution in [0.2, 0.25) is 0 Å². The minimum absolute atomic E-state index is 0.0925. The van der Waals surface area contributed by atoms with Crippen LogP contribution in [-0.2, 0) is 4.79 Å². The molecule has 0 heterocycles. The molecule has 27 heavy (non-hydrogen) atoms. The Bertz CT molecular complexity index is 939. The van der Waals surface area contributed by atoms with Crippen LogP contribution in [0.25, 0.3) is 0 Å². The second-order valence-electron chi connectivity index (χ2n) is 5.63. The number of ether oxygens (including phenoxy) is 2. The maximum absolute atomic E-state index is 12.3. The van der Waals surface area contributed by atoms with Gasteiger partial charge in [-0.2, -0.15) is 0 Å². The van der Waals surface area contributed by atoms with Crippen molar-refractivity contribution in [3.63, 3.8) is 0 Å². The fraction of sp³-hybridized carbons (Fsp3) is 0.0952. The van der Waals surface area contributed by atoms with Crippen LogP contribution in [0.15, 0.2) is 66.8 Å². The SMILES string of the molecule is C=C/C=C(\C)C(=O)Oc1ccc(O)c(OC(=O)c2cccc(C(C)=O)c2)c1. The van der Waals surface area contributed by atoms with E-state index < -0.39 is 11.9 Å². The molecule has 1 N–H and O–H groups in total. The molecule has 6 heteroatoms. The summed E-state index contributed by atoms with van der Waals surface area (Å²) in [6.07, 6.45) is 2.95. The van der Waals surface area contributed by atoms with Gasteiger partial charge in [0.1, 0.15) is 5.75 Å². The smallest absolute Gasteiger partial charge is 0.343 e. The van der Waals surface area contributed by atoms with Crippen LogP contribution in [0, 0.1) is 0 Å². The number of esters is 2. The molecule has 0 atom stereocenters. The van der Waals surface area contributed by atoms with E-state index in [0.717, 1.165) is 0 Å². The van der Waals surface area contributed by atoms with Gasteiger partial charge in [0.05, 0.1) is 5.56 Å². The van der Waals surface area contributed by atoms with Gasteiger partial charge in [-0.05, 0) is 38.1 Å². The van der Waals surface area contributed by atoms with Crippen molar-refractivity contribution in [1.82, 2.24) is 0 Å². The number of aromatic hydroxyl groups is 1. The summed E-state index contributed by atoms with van der Waals surface area (Å²) < 4.78 is 10.3. The van der Waals surface area contributed by atoms with Crippen molar-refractivity contribution in [3.8, 4) is 17.2 Å². The Labute approximate surface area is 156 Å². The normalized spacial score (nSPS) is 10.8. The summed E-state index contributed by atoms with van der Waals surface area (Å²) >= 11 is 0. The number of Topliss-reactive ketones (excluding diaryl/α,β-unsaturated/α-hetero) is 1. The number of hydrogen-bond acceptors (Lipinski definition) is 6. The van der Waals surface area contributed by atoms with E-state index in [2.05, 4.69) is 6.58 Å². The third-order valence-corrected chi connectivity index (χ3v) is 3.54. The van der Waals surface area contributed by atoms with Gasteiger partial charge in [-0.3, -0.25) is 4.79 Å². The molecular formula is C21H18O6. The molecule has 0 aliphatic heterocycles. The summed E-state index contributed by atoms with van der Waals surface area (Å²) in [5.74, 6) is -1.95. The minimum atomic E-state index is -0.764. The fourth-order valence-corrected chi connectivity index (χ4v) is 2.10. The molecule has 0 aromatic heterocycles. The van der Waals surface area contributed by atoms with Crippen LogP contribution >= 0.6 is 0 Å². The molecule has 2 rings (SSSR count). The van der Waals surface area contributed by atoms with Gasteiger partial charge in [-0.15, -0.1) is 0 Å². The summed E-state index contributed by atoms with van der Waals surface area (Å²) in [6.45, 7) is 6.45. The zero-order valence-corrected chi connectivity index (χ0v) is 14.9. The molecule has 0 unspecified atom stereocenters. The van der Waals surface area contributed by atoms with E-state index >= 15 is 0 Å². The number of benzene rings is 2. The molecule has 0 fully saturated rings. The molecule has 2 aromatic rings. The second-order valence-corrected chi connectivity index (χ2v) is 5.63. The third-order valence-electron chi connectivity index (χ3n) is 3.54. The molecule has 2 aromatic carbocycles. The van der Waals surface area contributed by atoms with Crippen LogP contribution in [-0.4, -0.2) is 22.8 Å².